The van der Waals surface area contributed by atoms with Gasteiger partial charge >= 0.3 is 0 Å². The van der Waals surface area contributed by atoms with E-state index in [9.17, 15) is 5.11 Å². The third kappa shape index (κ3) is 4.37. The third-order valence-electron chi connectivity index (χ3n) is 4.55. The number of halogens is 1. The summed E-state index contributed by atoms with van der Waals surface area (Å²) in [5, 5.41) is 11.0. The number of ether oxygens (including phenoxy) is 2. The quantitative estimate of drug-likeness (QED) is 0.828. The molecule has 2 saturated heterocycles. The monoisotopic (exact) mass is 340 g/mol. The van der Waals surface area contributed by atoms with Crippen LogP contribution in [0.3, 0.4) is 0 Å². The first kappa shape index (κ1) is 17.0. The summed E-state index contributed by atoms with van der Waals surface area (Å²) in [6.45, 7) is 4.16. The molecule has 0 bridgehead atoms. The van der Waals surface area contributed by atoms with Crippen LogP contribution in [0.1, 0.15) is 30.9 Å². The van der Waals surface area contributed by atoms with E-state index in [-0.39, 0.29) is 12.1 Å². The van der Waals surface area contributed by atoms with Crippen LogP contribution in [0.5, 0.6) is 5.75 Å². The van der Waals surface area contributed by atoms with Gasteiger partial charge in [-0.05, 0) is 43.6 Å². The Labute approximate surface area is 142 Å². The largest absolute Gasteiger partial charge is 0.486 e. The van der Waals surface area contributed by atoms with Crippen molar-refractivity contribution in [2.24, 2.45) is 5.73 Å². The van der Waals surface area contributed by atoms with Crippen molar-refractivity contribution < 1.29 is 14.6 Å². The molecule has 0 aliphatic carbocycles. The van der Waals surface area contributed by atoms with Crippen molar-refractivity contribution >= 4 is 11.6 Å². The van der Waals surface area contributed by atoms with Gasteiger partial charge in [-0.15, -0.1) is 0 Å². The number of rotatable bonds is 6. The number of hydrogen-bond donors (Lipinski definition) is 2. The zero-order chi connectivity index (χ0) is 16.2. The fourth-order valence-corrected chi connectivity index (χ4v) is 3.43. The second-order valence-electron chi connectivity index (χ2n) is 6.41. The molecule has 3 N–H and O–H groups in total. The van der Waals surface area contributed by atoms with Gasteiger partial charge in [0.15, 0.2) is 0 Å². The van der Waals surface area contributed by atoms with E-state index in [1.54, 1.807) is 6.07 Å². The minimum atomic E-state index is -0.725. The van der Waals surface area contributed by atoms with Crippen LogP contribution < -0.4 is 10.5 Å². The van der Waals surface area contributed by atoms with Crippen molar-refractivity contribution in [1.29, 1.82) is 0 Å². The molecule has 23 heavy (non-hydrogen) atoms. The predicted octanol–water partition coefficient (Wildman–Crippen LogP) is 1.96. The lowest BCUT2D eigenvalue weighted by molar-refractivity contribution is 0.125. The van der Waals surface area contributed by atoms with Gasteiger partial charge in [0, 0.05) is 19.0 Å². The number of nitrogens with two attached hydrogens (primary N) is 1. The lowest BCUT2D eigenvalue weighted by atomic mass is 10.0. The van der Waals surface area contributed by atoms with E-state index in [1.807, 2.05) is 12.1 Å². The number of hydrogen-bond acceptors (Lipinski definition) is 5. The van der Waals surface area contributed by atoms with Crippen LogP contribution in [0.25, 0.3) is 0 Å². The molecular formula is C17H25ClN2O3. The maximum Gasteiger partial charge on any atom is 0.138 e. The normalized spacial score (nSPS) is 24.7. The molecule has 2 aliphatic heterocycles. The summed E-state index contributed by atoms with van der Waals surface area (Å²) >= 11 is 6.30. The van der Waals surface area contributed by atoms with Crippen molar-refractivity contribution in [3.63, 3.8) is 0 Å². The van der Waals surface area contributed by atoms with Crippen molar-refractivity contribution in [2.45, 2.75) is 37.5 Å². The van der Waals surface area contributed by atoms with Crippen LogP contribution in [-0.2, 0) is 4.74 Å². The average molecular weight is 341 g/mol. The van der Waals surface area contributed by atoms with Crippen LogP contribution in [0.15, 0.2) is 18.2 Å². The molecule has 6 heteroatoms. The van der Waals surface area contributed by atoms with Gasteiger partial charge in [0.05, 0.1) is 24.3 Å². The summed E-state index contributed by atoms with van der Waals surface area (Å²) < 4.78 is 11.1. The highest BCUT2D eigenvalue weighted by atomic mass is 35.5. The minimum absolute atomic E-state index is 0.0562. The second-order valence-corrected chi connectivity index (χ2v) is 6.82. The molecule has 3 atom stereocenters. The van der Waals surface area contributed by atoms with Gasteiger partial charge in [-0.1, -0.05) is 17.7 Å². The number of aliphatic hydroxyl groups excluding tert-OH is 1. The van der Waals surface area contributed by atoms with E-state index < -0.39 is 6.10 Å². The summed E-state index contributed by atoms with van der Waals surface area (Å²) in [7, 11) is 0. The molecule has 2 aliphatic rings. The van der Waals surface area contributed by atoms with E-state index in [4.69, 9.17) is 26.8 Å². The van der Waals surface area contributed by atoms with Crippen molar-refractivity contribution in [3.8, 4) is 5.75 Å². The highest BCUT2D eigenvalue weighted by Gasteiger charge is 2.23. The smallest absolute Gasteiger partial charge is 0.138 e. The Bertz CT molecular complexity index is 517. The molecule has 1 aromatic rings. The summed E-state index contributed by atoms with van der Waals surface area (Å²) in [4.78, 5) is 2.30. The van der Waals surface area contributed by atoms with Gasteiger partial charge in [0.1, 0.15) is 11.9 Å². The molecule has 2 heterocycles. The lowest BCUT2D eigenvalue weighted by Gasteiger charge is -2.25. The lowest BCUT2D eigenvalue weighted by Crippen LogP contribution is -2.40. The molecule has 3 unspecified atom stereocenters. The molecule has 1 aromatic carbocycles. The molecule has 5 nitrogen and oxygen atoms in total. The van der Waals surface area contributed by atoms with E-state index >= 15 is 0 Å². The zero-order valence-corrected chi connectivity index (χ0v) is 14.0. The summed E-state index contributed by atoms with van der Waals surface area (Å²) in [5.74, 6) is 0.631. The Morgan fingerprint density at radius 3 is 2.83 bits per heavy atom. The average Bonchev–Trinajstić information content (AvgIpc) is 3.22. The van der Waals surface area contributed by atoms with Crippen molar-refractivity contribution in [1.82, 2.24) is 4.90 Å². The van der Waals surface area contributed by atoms with Crippen LogP contribution in [0, 0.1) is 0 Å². The summed E-state index contributed by atoms with van der Waals surface area (Å²) in [6, 6.07) is 5.08. The van der Waals surface area contributed by atoms with Crippen LogP contribution in [0.4, 0.5) is 0 Å². The highest BCUT2D eigenvalue weighted by molar-refractivity contribution is 6.32. The third-order valence-corrected chi connectivity index (χ3v) is 4.85. The van der Waals surface area contributed by atoms with Crippen LogP contribution in [0.2, 0.25) is 5.02 Å². The van der Waals surface area contributed by atoms with E-state index in [2.05, 4.69) is 4.90 Å². The Hall–Kier alpha value is -0.850. The molecule has 128 valence electrons. The summed E-state index contributed by atoms with van der Waals surface area (Å²) in [6.07, 6.45) is 2.64. The SMILES string of the molecule is NC(CN1CCCC1)C(O)c1ccc(OC2CCOC2)c(Cl)c1. The molecule has 0 radical (unpaired) electrons. The number of likely N-dealkylation sites (tertiary alicyclic amines) is 1. The van der Waals surface area contributed by atoms with Crippen LogP contribution >= 0.6 is 11.6 Å². The van der Waals surface area contributed by atoms with E-state index in [0.717, 1.165) is 31.7 Å². The molecule has 0 spiro atoms. The molecular weight excluding hydrogens is 316 g/mol. The Kier molecular flexibility index (Phi) is 5.77. The van der Waals surface area contributed by atoms with Gasteiger partial charge in [0.25, 0.3) is 0 Å². The second kappa shape index (κ2) is 7.81. The van der Waals surface area contributed by atoms with Gasteiger partial charge in [-0.2, -0.15) is 0 Å². The van der Waals surface area contributed by atoms with Gasteiger partial charge < -0.3 is 25.2 Å². The van der Waals surface area contributed by atoms with Gasteiger partial charge in [-0.25, -0.2) is 0 Å². The maximum atomic E-state index is 10.5. The molecule has 0 aromatic heterocycles. The van der Waals surface area contributed by atoms with Crippen molar-refractivity contribution in [3.05, 3.63) is 28.8 Å². The van der Waals surface area contributed by atoms with E-state index in [1.165, 1.54) is 12.8 Å². The number of nitrogens with zero attached hydrogens (tertiary/aromatic N) is 1. The molecule has 0 amide bonds. The van der Waals surface area contributed by atoms with Gasteiger partial charge in [0.2, 0.25) is 0 Å². The Morgan fingerprint density at radius 2 is 2.17 bits per heavy atom. The van der Waals surface area contributed by atoms with E-state index in [0.29, 0.717) is 23.9 Å². The highest BCUT2D eigenvalue weighted by Crippen LogP contribution is 2.30. The first-order valence-electron chi connectivity index (χ1n) is 8.33. The number of aliphatic hydroxyl groups is 1. The maximum absolute atomic E-state index is 10.5. The molecule has 0 saturated carbocycles. The first-order chi connectivity index (χ1) is 11.1. The topological polar surface area (TPSA) is 68.0 Å². The Balaban J connectivity index is 1.61. The van der Waals surface area contributed by atoms with Gasteiger partial charge in [-0.3, -0.25) is 0 Å². The van der Waals surface area contributed by atoms with Crippen molar-refractivity contribution in [2.75, 3.05) is 32.8 Å². The first-order valence-corrected chi connectivity index (χ1v) is 8.71. The Morgan fingerprint density at radius 1 is 1.39 bits per heavy atom. The fourth-order valence-electron chi connectivity index (χ4n) is 3.19. The summed E-state index contributed by atoms with van der Waals surface area (Å²) in [5.41, 5.74) is 6.90. The standard InChI is InChI=1S/C17H25ClN2O3/c18-14-9-12(3-4-16(14)23-13-5-8-22-11-13)17(21)15(19)10-20-6-1-2-7-20/h3-4,9,13,15,17,21H,1-2,5-8,10-11,19H2. The predicted molar refractivity (Wildman–Crippen MR) is 89.9 cm³/mol. The minimum Gasteiger partial charge on any atom is -0.486 e. The molecule has 2 fully saturated rings. The van der Waals surface area contributed by atoms with Crippen LogP contribution in [-0.4, -0.2) is 55.0 Å². The fraction of sp³-hybridized carbons (Fsp3) is 0.647. The zero-order valence-electron chi connectivity index (χ0n) is 13.3. The number of benzene rings is 1. The molecule has 3 rings (SSSR count).